The fraction of sp³-hybridized carbons (Fsp3) is 0.700. The third-order valence-electron chi connectivity index (χ3n) is 4.95. The van der Waals surface area contributed by atoms with E-state index in [0.29, 0.717) is 19.4 Å². The minimum atomic E-state index is -5.69. The van der Waals surface area contributed by atoms with Crippen LogP contribution in [0.5, 0.6) is 0 Å². The fourth-order valence-electron chi connectivity index (χ4n) is 3.17. The van der Waals surface area contributed by atoms with Gasteiger partial charge in [0.2, 0.25) is 0 Å². The predicted octanol–water partition coefficient (Wildman–Crippen LogP) is 3.95. The molecule has 1 heterocycles. The summed E-state index contributed by atoms with van der Waals surface area (Å²) in [6.45, 7) is 2.78. The van der Waals surface area contributed by atoms with E-state index in [4.69, 9.17) is 0 Å². The summed E-state index contributed by atoms with van der Waals surface area (Å²) in [6.07, 6.45) is -1.88. The molecule has 1 aromatic heterocycles. The zero-order valence-electron chi connectivity index (χ0n) is 17.9. The zero-order valence-corrected chi connectivity index (χ0v) is 18.7. The summed E-state index contributed by atoms with van der Waals surface area (Å²) < 4.78 is 101. The molecule has 2 unspecified atom stereocenters. The Morgan fingerprint density at radius 3 is 2.28 bits per heavy atom. The minimum Gasteiger partial charge on any atom is -0.748 e. The van der Waals surface area contributed by atoms with Crippen LogP contribution in [0.3, 0.4) is 0 Å². The number of carbonyl (C=O) groups excluding carboxylic acids is 1. The van der Waals surface area contributed by atoms with Gasteiger partial charge in [0.05, 0.1) is 29.1 Å². The quantitative estimate of drug-likeness (QED) is 0.181. The highest BCUT2D eigenvalue weighted by Gasteiger charge is 2.57. The minimum absolute atomic E-state index is 0.0733. The molecule has 1 rings (SSSR count). The molecule has 0 radical (unpaired) electrons. The van der Waals surface area contributed by atoms with Gasteiger partial charge < -0.3 is 9.29 Å². The van der Waals surface area contributed by atoms with Crippen molar-refractivity contribution >= 4 is 16.1 Å². The molecule has 2 atom stereocenters. The van der Waals surface area contributed by atoms with E-state index >= 15 is 0 Å². The molecule has 0 saturated heterocycles. The molecule has 0 aromatic carbocycles. The smallest absolute Gasteiger partial charge is 0.453 e. The third kappa shape index (κ3) is 9.76. The average Bonchev–Trinajstić information content (AvgIpc) is 2.66. The number of aromatic nitrogens is 1. The Hall–Kier alpha value is -1.82. The van der Waals surface area contributed by atoms with Gasteiger partial charge in [-0.2, -0.15) is 22.0 Å². The Morgan fingerprint density at radius 1 is 1.19 bits per heavy atom. The van der Waals surface area contributed by atoms with Crippen molar-refractivity contribution in [2.45, 2.75) is 70.5 Å². The highest BCUT2D eigenvalue weighted by molar-refractivity contribution is 7.85. The van der Waals surface area contributed by atoms with E-state index in [0.717, 1.165) is 12.0 Å². The standard InChI is InChI=1S/C20H28F5NO5S/c1-3-5-17(16-6-10-26(11-7-16)9-4-13-32(28,29)30)14-15(2)18(27)31-12-8-19(21,22)20(23,24)25/h6-7,10-11,15,17H,3-5,8-9,12-14H2,1-2H3. The van der Waals surface area contributed by atoms with E-state index in [9.17, 15) is 39.7 Å². The average molecular weight is 490 g/mol. The summed E-state index contributed by atoms with van der Waals surface area (Å²) >= 11 is 0. The van der Waals surface area contributed by atoms with E-state index in [1.165, 1.54) is 6.92 Å². The van der Waals surface area contributed by atoms with Gasteiger partial charge in [-0.05, 0) is 24.3 Å². The van der Waals surface area contributed by atoms with E-state index in [2.05, 4.69) is 4.74 Å². The monoisotopic (exact) mass is 489 g/mol. The maximum atomic E-state index is 12.9. The van der Waals surface area contributed by atoms with Crippen LogP contribution in [0.4, 0.5) is 22.0 Å². The van der Waals surface area contributed by atoms with E-state index in [-0.39, 0.29) is 12.3 Å². The zero-order chi connectivity index (χ0) is 24.6. The summed E-state index contributed by atoms with van der Waals surface area (Å²) in [5.74, 6) is -7.00. The molecule has 1 aromatic rings. The highest BCUT2D eigenvalue weighted by Crippen LogP contribution is 2.38. The van der Waals surface area contributed by atoms with Crippen LogP contribution in [0.15, 0.2) is 24.5 Å². The van der Waals surface area contributed by atoms with Crippen molar-refractivity contribution in [2.24, 2.45) is 5.92 Å². The maximum Gasteiger partial charge on any atom is 0.453 e. The first-order valence-corrected chi connectivity index (χ1v) is 11.8. The lowest BCUT2D eigenvalue weighted by molar-refractivity contribution is -0.696. The number of esters is 1. The lowest BCUT2D eigenvalue weighted by Gasteiger charge is -2.21. The molecule has 0 bridgehead atoms. The second-order valence-corrected chi connectivity index (χ2v) is 9.25. The molecule has 32 heavy (non-hydrogen) atoms. The van der Waals surface area contributed by atoms with Gasteiger partial charge in [0, 0.05) is 24.3 Å². The number of ether oxygens (including phenoxy) is 1. The largest absolute Gasteiger partial charge is 0.748 e. The summed E-state index contributed by atoms with van der Waals surface area (Å²) in [5.41, 5.74) is 0.891. The molecular formula is C20H28F5NO5S. The predicted molar refractivity (Wildman–Crippen MR) is 104 cm³/mol. The number of nitrogens with zero attached hydrogens (tertiary/aromatic N) is 1. The Kier molecular flexibility index (Phi) is 10.5. The number of halogens is 5. The first-order chi connectivity index (χ1) is 14.7. The first kappa shape index (κ1) is 28.2. The van der Waals surface area contributed by atoms with Crippen molar-refractivity contribution in [3.63, 3.8) is 0 Å². The molecule has 0 spiro atoms. The molecule has 0 saturated carbocycles. The van der Waals surface area contributed by atoms with Crippen LogP contribution in [0.2, 0.25) is 0 Å². The van der Waals surface area contributed by atoms with Gasteiger partial charge in [-0.25, -0.2) is 13.0 Å². The van der Waals surface area contributed by atoms with Crippen molar-refractivity contribution in [3.05, 3.63) is 30.1 Å². The van der Waals surface area contributed by atoms with Crippen LogP contribution in [0.1, 0.15) is 57.4 Å². The van der Waals surface area contributed by atoms with E-state index in [1.54, 1.807) is 29.1 Å². The molecule has 12 heteroatoms. The Bertz CT molecular complexity index is 828. The topological polar surface area (TPSA) is 87.4 Å². The summed E-state index contributed by atoms with van der Waals surface area (Å²) in [6, 6.07) is 3.60. The molecule has 0 fully saturated rings. The molecular weight excluding hydrogens is 461 g/mol. The van der Waals surface area contributed by atoms with E-state index in [1.807, 2.05) is 6.92 Å². The molecule has 0 aliphatic rings. The molecule has 6 nitrogen and oxygen atoms in total. The Balaban J connectivity index is 2.64. The summed E-state index contributed by atoms with van der Waals surface area (Å²) in [7, 11) is -4.27. The van der Waals surface area contributed by atoms with Crippen LogP contribution in [0, 0.1) is 5.92 Å². The number of hydrogen-bond acceptors (Lipinski definition) is 5. The SMILES string of the molecule is CCCC(CC(C)C(=O)OCCC(F)(F)C(F)(F)F)c1cc[n+](CCCS(=O)(=O)[O-])cc1. The van der Waals surface area contributed by atoms with Crippen molar-refractivity contribution in [1.82, 2.24) is 0 Å². The van der Waals surface area contributed by atoms with Crippen molar-refractivity contribution in [2.75, 3.05) is 12.4 Å². The lowest BCUT2D eigenvalue weighted by Crippen LogP contribution is -2.37. The van der Waals surface area contributed by atoms with Gasteiger partial charge in [-0.3, -0.25) is 4.79 Å². The summed E-state index contributed by atoms with van der Waals surface area (Å²) in [4.78, 5) is 12.1. The highest BCUT2D eigenvalue weighted by atomic mass is 32.2. The maximum absolute atomic E-state index is 12.9. The van der Waals surface area contributed by atoms with Gasteiger partial charge in [-0.15, -0.1) is 0 Å². The first-order valence-electron chi connectivity index (χ1n) is 10.2. The normalized spacial score (nSPS) is 14.8. The van der Waals surface area contributed by atoms with E-state index < -0.39 is 52.9 Å². The number of aryl methyl sites for hydroxylation is 1. The number of hydrogen-bond donors (Lipinski definition) is 0. The van der Waals surface area contributed by atoms with Gasteiger partial charge in [-0.1, -0.05) is 20.3 Å². The van der Waals surface area contributed by atoms with Crippen molar-refractivity contribution in [3.8, 4) is 0 Å². The van der Waals surface area contributed by atoms with Crippen molar-refractivity contribution in [1.29, 1.82) is 0 Å². The van der Waals surface area contributed by atoms with Gasteiger partial charge in [0.25, 0.3) is 0 Å². The second kappa shape index (κ2) is 11.9. The molecule has 0 aliphatic carbocycles. The van der Waals surface area contributed by atoms with Crippen LogP contribution < -0.4 is 4.57 Å². The molecule has 0 amide bonds. The van der Waals surface area contributed by atoms with Crippen LogP contribution in [0.25, 0.3) is 0 Å². The van der Waals surface area contributed by atoms with Gasteiger partial charge in [0.15, 0.2) is 12.4 Å². The number of pyridine rings is 1. The van der Waals surface area contributed by atoms with Gasteiger partial charge in [0.1, 0.15) is 6.54 Å². The van der Waals surface area contributed by atoms with Crippen LogP contribution >= 0.6 is 0 Å². The third-order valence-corrected chi connectivity index (χ3v) is 5.74. The number of alkyl halides is 5. The van der Waals surface area contributed by atoms with Crippen LogP contribution in [-0.4, -0.2) is 43.4 Å². The molecule has 0 N–H and O–H groups in total. The summed E-state index contributed by atoms with van der Waals surface area (Å²) in [5, 5.41) is 0. The fourth-order valence-corrected chi connectivity index (χ4v) is 3.65. The molecule has 184 valence electrons. The van der Waals surface area contributed by atoms with Crippen molar-refractivity contribution < 1.29 is 49.0 Å². The molecule has 0 aliphatic heterocycles. The van der Waals surface area contributed by atoms with Gasteiger partial charge >= 0.3 is 18.1 Å². The Labute approximate surface area is 184 Å². The number of rotatable bonds is 13. The number of carbonyl (C=O) groups is 1. The Morgan fingerprint density at radius 2 is 1.78 bits per heavy atom. The second-order valence-electron chi connectivity index (χ2n) is 7.73. The lowest BCUT2D eigenvalue weighted by atomic mass is 9.87. The van der Waals surface area contributed by atoms with Crippen LogP contribution in [-0.2, 0) is 26.2 Å².